The molecule has 0 heterocycles. The predicted molar refractivity (Wildman–Crippen MR) is 84.9 cm³/mol. The molecule has 0 saturated heterocycles. The maximum Gasteiger partial charge on any atom is 0.126 e. The van der Waals surface area contributed by atoms with Gasteiger partial charge >= 0.3 is 0 Å². The Balaban J connectivity index is 2.33. The number of likely N-dealkylation sites (N-methyl/N-ethyl adjacent to an activating group) is 1. The number of nitrogens with one attached hydrogen (secondary N) is 1. The van der Waals surface area contributed by atoms with Crippen molar-refractivity contribution in [1.82, 2.24) is 5.32 Å². The molecule has 2 nitrogen and oxygen atoms in total. The highest BCUT2D eigenvalue weighted by Gasteiger charge is 2.42. The zero-order valence-corrected chi connectivity index (χ0v) is 13.7. The minimum atomic E-state index is -0.211. The van der Waals surface area contributed by atoms with Gasteiger partial charge in [0.2, 0.25) is 0 Å². The SMILES string of the molecule is CCOC1(C(NC)c2ccc(C)c(F)c2)CCC(C)CC1. The predicted octanol–water partition coefficient (Wildman–Crippen LogP) is 4.38. The van der Waals surface area contributed by atoms with Gasteiger partial charge in [0.15, 0.2) is 0 Å². The van der Waals surface area contributed by atoms with Crippen molar-refractivity contribution in [3.63, 3.8) is 0 Å². The van der Waals surface area contributed by atoms with E-state index in [0.29, 0.717) is 12.2 Å². The van der Waals surface area contributed by atoms with Gasteiger partial charge in [0.25, 0.3) is 0 Å². The molecule has 1 aliphatic rings. The highest BCUT2D eigenvalue weighted by atomic mass is 19.1. The second-order valence-electron chi connectivity index (χ2n) is 6.41. The fourth-order valence-electron chi connectivity index (χ4n) is 3.58. The molecular formula is C18H28FNO. The highest BCUT2D eigenvalue weighted by Crippen LogP contribution is 2.43. The number of benzene rings is 1. The van der Waals surface area contributed by atoms with Crippen LogP contribution in [0.5, 0.6) is 0 Å². The van der Waals surface area contributed by atoms with E-state index in [9.17, 15) is 4.39 Å². The Hall–Kier alpha value is -0.930. The second-order valence-corrected chi connectivity index (χ2v) is 6.41. The monoisotopic (exact) mass is 293 g/mol. The zero-order valence-electron chi connectivity index (χ0n) is 13.7. The van der Waals surface area contributed by atoms with Crippen molar-refractivity contribution in [3.8, 4) is 0 Å². The lowest BCUT2D eigenvalue weighted by molar-refractivity contribution is -0.0962. The number of rotatable bonds is 5. The summed E-state index contributed by atoms with van der Waals surface area (Å²) in [6.07, 6.45) is 4.41. The van der Waals surface area contributed by atoms with Gasteiger partial charge < -0.3 is 10.1 Å². The summed E-state index contributed by atoms with van der Waals surface area (Å²) in [6.45, 7) is 6.84. The largest absolute Gasteiger partial charge is 0.373 e. The van der Waals surface area contributed by atoms with Crippen molar-refractivity contribution in [3.05, 3.63) is 35.1 Å². The first-order chi connectivity index (χ1) is 10.0. The van der Waals surface area contributed by atoms with E-state index in [0.717, 1.165) is 24.3 Å². The summed E-state index contributed by atoms with van der Waals surface area (Å²) in [5.41, 5.74) is 1.47. The van der Waals surface area contributed by atoms with E-state index in [4.69, 9.17) is 4.74 Å². The molecule has 21 heavy (non-hydrogen) atoms. The first-order valence-corrected chi connectivity index (χ1v) is 8.09. The highest BCUT2D eigenvalue weighted by molar-refractivity contribution is 5.28. The van der Waals surface area contributed by atoms with Gasteiger partial charge in [0, 0.05) is 6.61 Å². The first kappa shape index (κ1) is 16.4. The van der Waals surface area contributed by atoms with E-state index in [1.165, 1.54) is 12.8 Å². The molecule has 0 spiro atoms. The molecule has 0 amide bonds. The van der Waals surface area contributed by atoms with Gasteiger partial charge in [-0.05, 0) is 69.7 Å². The van der Waals surface area contributed by atoms with E-state index < -0.39 is 0 Å². The molecule has 0 bridgehead atoms. The lowest BCUT2D eigenvalue weighted by Gasteiger charge is -2.45. The van der Waals surface area contributed by atoms with E-state index in [-0.39, 0.29) is 17.5 Å². The van der Waals surface area contributed by atoms with Crippen LogP contribution < -0.4 is 5.32 Å². The molecule has 1 aromatic rings. The molecule has 1 N–H and O–H groups in total. The Morgan fingerprint density at radius 1 is 1.38 bits per heavy atom. The maximum absolute atomic E-state index is 13.9. The van der Waals surface area contributed by atoms with Gasteiger partial charge in [-0.15, -0.1) is 0 Å². The second kappa shape index (κ2) is 6.89. The van der Waals surface area contributed by atoms with Gasteiger partial charge in [-0.3, -0.25) is 0 Å². The van der Waals surface area contributed by atoms with Gasteiger partial charge in [-0.1, -0.05) is 19.1 Å². The fraction of sp³-hybridized carbons (Fsp3) is 0.667. The average Bonchev–Trinajstić information content (AvgIpc) is 2.47. The molecule has 0 aliphatic heterocycles. The summed E-state index contributed by atoms with van der Waals surface area (Å²) < 4.78 is 20.2. The third-order valence-electron chi connectivity index (χ3n) is 4.90. The lowest BCUT2D eigenvalue weighted by Crippen LogP contribution is -2.47. The van der Waals surface area contributed by atoms with Crippen LogP contribution in [0.3, 0.4) is 0 Å². The van der Waals surface area contributed by atoms with Crippen LogP contribution in [0.15, 0.2) is 18.2 Å². The van der Waals surface area contributed by atoms with Gasteiger partial charge in [-0.2, -0.15) is 0 Å². The summed E-state index contributed by atoms with van der Waals surface area (Å²) in [5.74, 6) is 0.620. The standard InChI is InChI=1S/C18H28FNO/c1-5-21-18(10-8-13(2)9-11-18)17(20-4)15-7-6-14(3)16(19)12-15/h6-7,12-13,17,20H,5,8-11H2,1-4H3. The number of hydrogen-bond acceptors (Lipinski definition) is 2. The molecule has 2 rings (SSSR count). The molecule has 1 fully saturated rings. The molecule has 0 aromatic heterocycles. The first-order valence-electron chi connectivity index (χ1n) is 8.09. The number of aryl methyl sites for hydroxylation is 1. The van der Waals surface area contributed by atoms with Crippen LogP contribution in [-0.2, 0) is 4.74 Å². The molecule has 1 unspecified atom stereocenters. The molecule has 1 aliphatic carbocycles. The molecule has 1 saturated carbocycles. The van der Waals surface area contributed by atoms with Crippen LogP contribution in [-0.4, -0.2) is 19.3 Å². The van der Waals surface area contributed by atoms with Crippen LogP contribution in [0.2, 0.25) is 0 Å². The molecule has 0 radical (unpaired) electrons. The lowest BCUT2D eigenvalue weighted by atomic mass is 9.73. The van der Waals surface area contributed by atoms with Gasteiger partial charge in [0.05, 0.1) is 11.6 Å². The van der Waals surface area contributed by atoms with Crippen molar-refractivity contribution in [2.75, 3.05) is 13.7 Å². The van der Waals surface area contributed by atoms with E-state index in [2.05, 4.69) is 12.2 Å². The van der Waals surface area contributed by atoms with E-state index in [1.54, 1.807) is 13.0 Å². The van der Waals surface area contributed by atoms with Crippen LogP contribution in [0.1, 0.15) is 56.7 Å². The number of ether oxygens (including phenoxy) is 1. The summed E-state index contributed by atoms with van der Waals surface area (Å²) in [5, 5.41) is 3.38. The Kier molecular flexibility index (Phi) is 5.39. The fourth-order valence-corrected chi connectivity index (χ4v) is 3.58. The van der Waals surface area contributed by atoms with Crippen LogP contribution in [0.25, 0.3) is 0 Å². The quantitative estimate of drug-likeness (QED) is 0.870. The Morgan fingerprint density at radius 3 is 2.57 bits per heavy atom. The Labute approximate surface area is 128 Å². The summed E-state index contributed by atoms with van der Waals surface area (Å²) in [7, 11) is 1.95. The minimum absolute atomic E-state index is 0.0417. The van der Waals surface area contributed by atoms with E-state index in [1.807, 2.05) is 26.1 Å². The molecule has 118 valence electrons. The third kappa shape index (κ3) is 3.46. The van der Waals surface area contributed by atoms with E-state index >= 15 is 0 Å². The molecule has 3 heteroatoms. The zero-order chi connectivity index (χ0) is 15.5. The Morgan fingerprint density at radius 2 is 2.05 bits per heavy atom. The topological polar surface area (TPSA) is 21.3 Å². The third-order valence-corrected chi connectivity index (χ3v) is 4.90. The maximum atomic E-state index is 13.9. The number of halogens is 1. The van der Waals surface area contributed by atoms with Crippen LogP contribution in [0, 0.1) is 18.7 Å². The van der Waals surface area contributed by atoms with Crippen LogP contribution >= 0.6 is 0 Å². The van der Waals surface area contributed by atoms with Crippen molar-refractivity contribution in [2.45, 2.75) is 58.1 Å². The minimum Gasteiger partial charge on any atom is -0.373 e. The molecule has 1 atom stereocenters. The van der Waals surface area contributed by atoms with Gasteiger partial charge in [-0.25, -0.2) is 4.39 Å². The van der Waals surface area contributed by atoms with Crippen LogP contribution in [0.4, 0.5) is 4.39 Å². The van der Waals surface area contributed by atoms with Crippen molar-refractivity contribution < 1.29 is 9.13 Å². The molecule has 1 aromatic carbocycles. The smallest absolute Gasteiger partial charge is 0.126 e. The van der Waals surface area contributed by atoms with Crippen molar-refractivity contribution >= 4 is 0 Å². The summed E-state index contributed by atoms with van der Waals surface area (Å²) in [6, 6.07) is 5.59. The normalized spacial score (nSPS) is 27.6. The summed E-state index contributed by atoms with van der Waals surface area (Å²) >= 11 is 0. The number of hydrogen-bond donors (Lipinski definition) is 1. The average molecular weight is 293 g/mol. The Bertz CT molecular complexity index is 466. The molecular weight excluding hydrogens is 265 g/mol. The summed E-state index contributed by atoms with van der Waals surface area (Å²) in [4.78, 5) is 0. The van der Waals surface area contributed by atoms with Crippen molar-refractivity contribution in [2.24, 2.45) is 5.92 Å². The van der Waals surface area contributed by atoms with Crippen molar-refractivity contribution in [1.29, 1.82) is 0 Å². The van der Waals surface area contributed by atoms with Gasteiger partial charge in [0.1, 0.15) is 5.82 Å².